The summed E-state index contributed by atoms with van der Waals surface area (Å²) in [6, 6.07) is 0. The summed E-state index contributed by atoms with van der Waals surface area (Å²) in [5, 5.41) is 31.1. The van der Waals surface area contributed by atoms with E-state index < -0.39 is 28.5 Å². The Morgan fingerprint density at radius 3 is 2.50 bits per heavy atom. The molecule has 1 aliphatic carbocycles. The van der Waals surface area contributed by atoms with Gasteiger partial charge in [0.25, 0.3) is 0 Å². The minimum absolute atomic E-state index is 0.00697. The first-order valence-corrected chi connectivity index (χ1v) is 10.0. The first kappa shape index (κ1) is 21.4. The van der Waals surface area contributed by atoms with Crippen LogP contribution >= 0.6 is 0 Å². The standard InChI is InChI=1S/C23H23N3O6/c1-9-19(29)17(12(4)27)21-18(20(9)30)23(5)15(32-21)6-14(28)16(22(23)31)11(3)24-7-13-8-25-26-10(13)2/h6,8,24,29-30H,7H2,1-5H3,(H,25,26)/b16-11+/t23-/m0/s1. The number of H-pyrrole nitrogens is 1. The maximum absolute atomic E-state index is 13.7. The number of aromatic hydroxyl groups is 2. The van der Waals surface area contributed by atoms with Crippen LogP contribution in [0.5, 0.6) is 17.2 Å². The highest BCUT2D eigenvalue weighted by Gasteiger charge is 2.56. The number of phenolic OH excluding ortho intramolecular Hbond substituents is 2. The van der Waals surface area contributed by atoms with Gasteiger partial charge >= 0.3 is 0 Å². The lowest BCUT2D eigenvalue weighted by atomic mass is 9.70. The number of carbonyl (C=O) groups excluding carboxylic acids is 3. The Morgan fingerprint density at radius 1 is 1.22 bits per heavy atom. The normalized spacial score (nSPS) is 21.0. The van der Waals surface area contributed by atoms with Crippen LogP contribution in [0, 0.1) is 13.8 Å². The van der Waals surface area contributed by atoms with E-state index in [9.17, 15) is 24.6 Å². The van der Waals surface area contributed by atoms with Crippen molar-refractivity contribution in [3.63, 3.8) is 0 Å². The Balaban J connectivity index is 1.86. The number of nitrogens with zero attached hydrogens (tertiary/aromatic N) is 1. The molecule has 0 unspecified atom stereocenters. The average Bonchev–Trinajstić information content (AvgIpc) is 3.25. The van der Waals surface area contributed by atoms with Crippen LogP contribution in [0.2, 0.25) is 0 Å². The molecule has 1 aromatic carbocycles. The van der Waals surface area contributed by atoms with Gasteiger partial charge in [-0.25, -0.2) is 0 Å². The molecule has 2 aromatic rings. The highest BCUT2D eigenvalue weighted by molar-refractivity contribution is 6.31. The van der Waals surface area contributed by atoms with Crippen LogP contribution in [0.15, 0.2) is 29.3 Å². The van der Waals surface area contributed by atoms with Crippen LogP contribution < -0.4 is 10.1 Å². The van der Waals surface area contributed by atoms with Crippen molar-refractivity contribution in [3.05, 3.63) is 57.2 Å². The van der Waals surface area contributed by atoms with E-state index in [0.29, 0.717) is 12.2 Å². The van der Waals surface area contributed by atoms with Gasteiger partial charge < -0.3 is 20.3 Å². The molecule has 2 aliphatic rings. The fourth-order valence-electron chi connectivity index (χ4n) is 4.23. The lowest BCUT2D eigenvalue weighted by molar-refractivity contribution is -0.123. The third-order valence-electron chi connectivity index (χ3n) is 6.24. The lowest BCUT2D eigenvalue weighted by Gasteiger charge is -2.29. The first-order valence-electron chi connectivity index (χ1n) is 10.0. The second kappa shape index (κ2) is 7.08. The summed E-state index contributed by atoms with van der Waals surface area (Å²) in [4.78, 5) is 38.8. The molecule has 0 spiro atoms. The monoisotopic (exact) mass is 437 g/mol. The Hall–Kier alpha value is -3.88. The SMILES string of the molecule is CC(=O)c1c(O)c(C)c(O)c2c1OC1=CC(=O)/C(=C(/C)NCc3cn[nH]c3C)C(=O)[C@@]12C. The summed E-state index contributed by atoms with van der Waals surface area (Å²) in [7, 11) is 0. The number of nitrogens with one attached hydrogen (secondary N) is 2. The maximum Gasteiger partial charge on any atom is 0.194 e. The number of hydrogen-bond acceptors (Lipinski definition) is 8. The number of Topliss-reactive ketones (excluding diaryl/α,β-unsaturated/α-hetero) is 2. The third-order valence-corrected chi connectivity index (χ3v) is 6.24. The Morgan fingerprint density at radius 2 is 1.91 bits per heavy atom. The predicted molar refractivity (Wildman–Crippen MR) is 113 cm³/mol. The van der Waals surface area contributed by atoms with Crippen molar-refractivity contribution in [2.75, 3.05) is 0 Å². The van der Waals surface area contributed by atoms with Gasteiger partial charge in [0.05, 0.1) is 17.3 Å². The predicted octanol–water partition coefficient (Wildman–Crippen LogP) is 2.39. The average molecular weight is 437 g/mol. The molecule has 2 heterocycles. The molecule has 9 heteroatoms. The number of carbonyl (C=O) groups is 3. The number of benzene rings is 1. The number of aromatic nitrogens is 2. The number of ketones is 3. The van der Waals surface area contributed by atoms with E-state index in [1.807, 2.05) is 6.92 Å². The number of allylic oxidation sites excluding steroid dienone is 4. The van der Waals surface area contributed by atoms with Crippen LogP contribution in [0.25, 0.3) is 0 Å². The molecule has 0 amide bonds. The van der Waals surface area contributed by atoms with Gasteiger partial charge in [-0.15, -0.1) is 0 Å². The van der Waals surface area contributed by atoms with E-state index in [1.54, 1.807) is 13.1 Å². The molecule has 0 saturated carbocycles. The molecule has 1 aromatic heterocycles. The molecule has 0 radical (unpaired) electrons. The van der Waals surface area contributed by atoms with Crippen molar-refractivity contribution in [2.24, 2.45) is 0 Å². The van der Waals surface area contributed by atoms with E-state index in [2.05, 4.69) is 15.5 Å². The van der Waals surface area contributed by atoms with Crippen molar-refractivity contribution >= 4 is 17.3 Å². The lowest BCUT2D eigenvalue weighted by Crippen LogP contribution is -2.41. The highest BCUT2D eigenvalue weighted by atomic mass is 16.5. The zero-order chi connectivity index (χ0) is 23.5. The van der Waals surface area contributed by atoms with E-state index in [-0.39, 0.29) is 39.5 Å². The number of fused-ring (bicyclic) bond motifs is 3. The van der Waals surface area contributed by atoms with Crippen LogP contribution in [0.3, 0.4) is 0 Å². The number of ether oxygens (including phenoxy) is 1. The van der Waals surface area contributed by atoms with Gasteiger partial charge in [-0.3, -0.25) is 19.5 Å². The quantitative estimate of drug-likeness (QED) is 0.325. The minimum atomic E-state index is -1.53. The molecule has 0 saturated heterocycles. The molecule has 4 rings (SSSR count). The second-order valence-corrected chi connectivity index (χ2v) is 8.26. The smallest absolute Gasteiger partial charge is 0.194 e. The maximum atomic E-state index is 13.7. The van der Waals surface area contributed by atoms with Gasteiger partial charge in [0.15, 0.2) is 17.3 Å². The van der Waals surface area contributed by atoms with Gasteiger partial charge in [-0.05, 0) is 34.6 Å². The molecule has 1 atom stereocenters. The summed E-state index contributed by atoms with van der Waals surface area (Å²) in [5.41, 5.74) is 0.505. The Bertz CT molecular complexity index is 1280. The van der Waals surface area contributed by atoms with Crippen LogP contribution in [0.4, 0.5) is 0 Å². The number of aromatic amines is 1. The second-order valence-electron chi connectivity index (χ2n) is 8.26. The van der Waals surface area contributed by atoms with Crippen LogP contribution in [-0.2, 0) is 21.5 Å². The van der Waals surface area contributed by atoms with Gasteiger partial charge in [-0.2, -0.15) is 5.10 Å². The molecule has 166 valence electrons. The highest BCUT2D eigenvalue weighted by Crippen LogP contribution is 2.57. The van der Waals surface area contributed by atoms with E-state index in [1.165, 1.54) is 26.8 Å². The first-order chi connectivity index (χ1) is 15.0. The van der Waals surface area contributed by atoms with Gasteiger partial charge in [0.2, 0.25) is 0 Å². The van der Waals surface area contributed by atoms with Crippen molar-refractivity contribution in [2.45, 2.75) is 46.6 Å². The molecule has 1 aliphatic heterocycles. The largest absolute Gasteiger partial charge is 0.507 e. The number of hydrogen-bond donors (Lipinski definition) is 4. The summed E-state index contributed by atoms with van der Waals surface area (Å²) < 4.78 is 5.75. The molecular weight excluding hydrogens is 414 g/mol. The zero-order valence-corrected chi connectivity index (χ0v) is 18.3. The summed E-state index contributed by atoms with van der Waals surface area (Å²) in [6.07, 6.45) is 2.85. The minimum Gasteiger partial charge on any atom is -0.507 e. The molecular formula is C23H23N3O6. The molecule has 32 heavy (non-hydrogen) atoms. The van der Waals surface area contributed by atoms with Gasteiger partial charge in [-0.1, -0.05) is 0 Å². The number of phenols is 2. The zero-order valence-electron chi connectivity index (χ0n) is 18.3. The summed E-state index contributed by atoms with van der Waals surface area (Å²) >= 11 is 0. The Labute approximate surface area is 183 Å². The number of rotatable bonds is 4. The molecule has 9 nitrogen and oxygen atoms in total. The van der Waals surface area contributed by atoms with Gasteiger partial charge in [0, 0.05) is 35.1 Å². The van der Waals surface area contributed by atoms with E-state index in [0.717, 1.165) is 11.3 Å². The molecule has 4 N–H and O–H groups in total. The van der Waals surface area contributed by atoms with Crippen molar-refractivity contribution in [1.29, 1.82) is 0 Å². The Kier molecular flexibility index (Phi) is 4.73. The molecule has 0 fully saturated rings. The van der Waals surface area contributed by atoms with Crippen molar-refractivity contribution < 1.29 is 29.3 Å². The van der Waals surface area contributed by atoms with Crippen molar-refractivity contribution in [3.8, 4) is 17.2 Å². The molecule has 0 bridgehead atoms. The third kappa shape index (κ3) is 2.77. The fraction of sp³-hybridized carbons (Fsp3) is 0.304. The van der Waals surface area contributed by atoms with E-state index in [4.69, 9.17) is 4.74 Å². The number of aryl methyl sites for hydroxylation is 1. The van der Waals surface area contributed by atoms with Crippen LogP contribution in [0.1, 0.15) is 53.5 Å². The summed E-state index contributed by atoms with van der Waals surface area (Å²) in [5.74, 6) is -2.47. The van der Waals surface area contributed by atoms with Crippen LogP contribution in [-0.4, -0.2) is 37.8 Å². The fourth-order valence-corrected chi connectivity index (χ4v) is 4.23. The van der Waals surface area contributed by atoms with Crippen molar-refractivity contribution in [1.82, 2.24) is 15.5 Å². The topological polar surface area (TPSA) is 142 Å². The summed E-state index contributed by atoms with van der Waals surface area (Å²) in [6.45, 7) is 8.07. The van der Waals surface area contributed by atoms with E-state index >= 15 is 0 Å². The van der Waals surface area contributed by atoms with Gasteiger partial charge in [0.1, 0.15) is 34.0 Å².